The van der Waals surface area contributed by atoms with Crippen molar-refractivity contribution in [2.45, 2.75) is 33.7 Å². The van der Waals surface area contributed by atoms with Crippen molar-refractivity contribution in [1.82, 2.24) is 5.32 Å². The monoisotopic (exact) mass is 410 g/mol. The molecule has 0 radical (unpaired) electrons. The van der Waals surface area contributed by atoms with Crippen LogP contribution < -0.4 is 15.4 Å². The predicted octanol–water partition coefficient (Wildman–Crippen LogP) is 4.45. The number of amides is 2. The molecule has 30 heavy (non-hydrogen) atoms. The van der Waals surface area contributed by atoms with Gasteiger partial charge in [0.2, 0.25) is 5.91 Å². The number of carbonyl (C=O) groups excluding carboxylic acids is 3. The lowest BCUT2D eigenvalue weighted by atomic mass is 10.1. The van der Waals surface area contributed by atoms with Crippen molar-refractivity contribution < 1.29 is 23.9 Å². The van der Waals surface area contributed by atoms with Crippen LogP contribution in [-0.2, 0) is 16.1 Å². The Morgan fingerprint density at radius 3 is 2.23 bits per heavy atom. The second-order valence-electron chi connectivity index (χ2n) is 6.52. The van der Waals surface area contributed by atoms with Crippen LogP contribution in [0.25, 0.3) is 0 Å². The molecule has 7 nitrogen and oxygen atoms in total. The third kappa shape index (κ3) is 7.43. The summed E-state index contributed by atoms with van der Waals surface area (Å²) in [6.45, 7) is 6.15. The van der Waals surface area contributed by atoms with Crippen LogP contribution in [0.4, 0.5) is 10.5 Å². The molecule has 0 aliphatic heterocycles. The molecule has 0 aromatic heterocycles. The van der Waals surface area contributed by atoms with E-state index in [1.807, 2.05) is 26.0 Å². The van der Waals surface area contributed by atoms with Crippen LogP contribution in [0.2, 0.25) is 0 Å². The Labute approximate surface area is 176 Å². The third-order valence-electron chi connectivity index (χ3n) is 4.19. The fourth-order valence-electron chi connectivity index (χ4n) is 2.41. The molecule has 158 valence electrons. The van der Waals surface area contributed by atoms with Gasteiger partial charge in [-0.1, -0.05) is 24.6 Å². The highest BCUT2D eigenvalue weighted by molar-refractivity contribution is 5.99. The van der Waals surface area contributed by atoms with Gasteiger partial charge in [-0.3, -0.25) is 9.59 Å². The van der Waals surface area contributed by atoms with E-state index in [-0.39, 0.29) is 18.4 Å². The minimum atomic E-state index is -0.786. The van der Waals surface area contributed by atoms with Crippen molar-refractivity contribution in [2.24, 2.45) is 0 Å². The maximum Gasteiger partial charge on any atom is 0.513 e. The number of anilines is 1. The van der Waals surface area contributed by atoms with Gasteiger partial charge in [0.15, 0.2) is 0 Å². The highest BCUT2D eigenvalue weighted by Gasteiger charge is 2.08. The molecule has 0 heterocycles. The molecule has 0 saturated heterocycles. The van der Waals surface area contributed by atoms with Crippen LogP contribution in [-0.4, -0.2) is 24.6 Å². The van der Waals surface area contributed by atoms with Crippen molar-refractivity contribution in [2.75, 3.05) is 11.9 Å². The van der Waals surface area contributed by atoms with E-state index in [1.165, 1.54) is 12.1 Å². The normalized spacial score (nSPS) is 10.8. The number of carbonyl (C=O) groups is 3. The average molecular weight is 410 g/mol. The zero-order chi connectivity index (χ0) is 21.9. The van der Waals surface area contributed by atoms with Crippen molar-refractivity contribution in [3.63, 3.8) is 0 Å². The number of ether oxygens (including phenoxy) is 2. The van der Waals surface area contributed by atoms with E-state index in [9.17, 15) is 14.4 Å². The van der Waals surface area contributed by atoms with E-state index in [4.69, 9.17) is 9.47 Å². The molecule has 0 spiro atoms. The number of hydrogen-bond acceptors (Lipinski definition) is 5. The predicted molar refractivity (Wildman–Crippen MR) is 114 cm³/mol. The molecule has 0 atom stereocenters. The Balaban J connectivity index is 1.85. The van der Waals surface area contributed by atoms with Gasteiger partial charge in [-0.15, -0.1) is 0 Å². The van der Waals surface area contributed by atoms with Gasteiger partial charge < -0.3 is 20.1 Å². The highest BCUT2D eigenvalue weighted by atomic mass is 16.7. The van der Waals surface area contributed by atoms with Crippen LogP contribution in [0.1, 0.15) is 43.1 Å². The number of benzene rings is 2. The first-order valence-corrected chi connectivity index (χ1v) is 9.71. The third-order valence-corrected chi connectivity index (χ3v) is 4.19. The van der Waals surface area contributed by atoms with Crippen molar-refractivity contribution in [3.8, 4) is 5.75 Å². The Morgan fingerprint density at radius 2 is 1.63 bits per heavy atom. The summed E-state index contributed by atoms with van der Waals surface area (Å²) in [5.74, 6) is -0.118. The average Bonchev–Trinajstić information content (AvgIpc) is 2.73. The largest absolute Gasteiger partial charge is 0.513 e. The summed E-state index contributed by atoms with van der Waals surface area (Å²) in [5, 5.41) is 5.63. The van der Waals surface area contributed by atoms with Gasteiger partial charge in [0, 0.05) is 23.9 Å². The Hall–Kier alpha value is -3.61. The quantitative estimate of drug-likeness (QED) is 0.381. The summed E-state index contributed by atoms with van der Waals surface area (Å²) in [5.41, 5.74) is 3.02. The van der Waals surface area contributed by atoms with Crippen molar-refractivity contribution in [1.29, 1.82) is 0 Å². The lowest BCUT2D eigenvalue weighted by Gasteiger charge is -2.08. The van der Waals surface area contributed by atoms with Crippen molar-refractivity contribution >= 4 is 23.7 Å². The second kappa shape index (κ2) is 11.4. The fraction of sp³-hybridized carbons (Fsp3) is 0.261. The molecule has 0 unspecified atom stereocenters. The number of allylic oxidation sites excluding steroid dienone is 1. The SMILES string of the molecule is CCOC(=O)Oc1ccc(C(=O)NCc2ccc(NC(=O)/C=C(\C)CC)cc2)cc1. The van der Waals surface area contributed by atoms with Gasteiger partial charge in [-0.25, -0.2) is 4.79 Å². The lowest BCUT2D eigenvalue weighted by molar-refractivity contribution is -0.112. The fourth-order valence-corrected chi connectivity index (χ4v) is 2.41. The van der Waals surface area contributed by atoms with E-state index in [0.717, 1.165) is 17.6 Å². The summed E-state index contributed by atoms with van der Waals surface area (Å²) in [6.07, 6.45) is 1.62. The molecule has 2 aromatic carbocycles. The lowest BCUT2D eigenvalue weighted by Crippen LogP contribution is -2.22. The minimum absolute atomic E-state index is 0.161. The van der Waals surface area contributed by atoms with Crippen LogP contribution in [0.15, 0.2) is 60.2 Å². The smallest absolute Gasteiger partial charge is 0.434 e. The Morgan fingerprint density at radius 1 is 0.967 bits per heavy atom. The van der Waals surface area contributed by atoms with E-state index >= 15 is 0 Å². The minimum Gasteiger partial charge on any atom is -0.434 e. The molecule has 0 saturated carbocycles. The van der Waals surface area contributed by atoms with Gasteiger partial charge in [0.25, 0.3) is 5.91 Å². The van der Waals surface area contributed by atoms with Gasteiger partial charge in [-0.2, -0.15) is 0 Å². The second-order valence-corrected chi connectivity index (χ2v) is 6.52. The van der Waals surface area contributed by atoms with Crippen LogP contribution in [0.3, 0.4) is 0 Å². The van der Waals surface area contributed by atoms with Crippen LogP contribution >= 0.6 is 0 Å². The van der Waals surface area contributed by atoms with Gasteiger partial charge in [0.05, 0.1) is 6.61 Å². The van der Waals surface area contributed by atoms with E-state index < -0.39 is 6.16 Å². The maximum atomic E-state index is 12.3. The highest BCUT2D eigenvalue weighted by Crippen LogP contribution is 2.14. The summed E-state index contributed by atoms with van der Waals surface area (Å²) < 4.78 is 9.65. The van der Waals surface area contributed by atoms with E-state index in [2.05, 4.69) is 10.6 Å². The number of rotatable bonds is 8. The summed E-state index contributed by atoms with van der Waals surface area (Å²) >= 11 is 0. The number of nitrogens with one attached hydrogen (secondary N) is 2. The Kier molecular flexibility index (Phi) is 8.62. The van der Waals surface area contributed by atoms with Crippen LogP contribution in [0.5, 0.6) is 5.75 Å². The van der Waals surface area contributed by atoms with E-state index in [1.54, 1.807) is 37.3 Å². The van der Waals surface area contributed by atoms with Crippen LogP contribution in [0, 0.1) is 0 Å². The molecule has 7 heteroatoms. The first-order chi connectivity index (χ1) is 14.4. The van der Waals surface area contributed by atoms with E-state index in [0.29, 0.717) is 23.5 Å². The van der Waals surface area contributed by atoms with Gasteiger partial charge in [0.1, 0.15) is 5.75 Å². The summed E-state index contributed by atoms with van der Waals surface area (Å²) in [6, 6.07) is 13.4. The first kappa shape index (κ1) is 22.7. The molecule has 2 rings (SSSR count). The Bertz CT molecular complexity index is 902. The number of hydrogen-bond donors (Lipinski definition) is 2. The van der Waals surface area contributed by atoms with Gasteiger partial charge >= 0.3 is 6.16 Å². The molecule has 0 fully saturated rings. The zero-order valence-electron chi connectivity index (χ0n) is 17.4. The standard InChI is InChI=1S/C23H26N2O5/c1-4-16(3)14-21(26)25-19-10-6-17(7-11-19)15-24-22(27)18-8-12-20(13-9-18)30-23(28)29-5-2/h6-14H,4-5,15H2,1-3H3,(H,24,27)(H,25,26)/b16-14+. The van der Waals surface area contributed by atoms with Gasteiger partial charge in [-0.05, 0) is 62.2 Å². The molecule has 2 N–H and O–H groups in total. The van der Waals surface area contributed by atoms with Crippen molar-refractivity contribution in [3.05, 3.63) is 71.3 Å². The zero-order valence-corrected chi connectivity index (χ0v) is 17.4. The first-order valence-electron chi connectivity index (χ1n) is 9.71. The summed E-state index contributed by atoms with van der Waals surface area (Å²) in [7, 11) is 0. The molecular weight excluding hydrogens is 384 g/mol. The summed E-state index contributed by atoms with van der Waals surface area (Å²) in [4.78, 5) is 35.5. The topological polar surface area (TPSA) is 93.7 Å². The molecule has 0 aliphatic rings. The molecule has 2 amide bonds. The molecular formula is C23H26N2O5. The molecule has 0 aliphatic carbocycles. The molecule has 0 bridgehead atoms. The maximum absolute atomic E-state index is 12.3. The molecule has 2 aromatic rings.